The smallest absolute Gasteiger partial charge is 0.00170 e. The van der Waals surface area contributed by atoms with Gasteiger partial charge in [-0.15, -0.1) is 0 Å². The summed E-state index contributed by atoms with van der Waals surface area (Å²) in [6.07, 6.45) is 11.1. The molecule has 0 bridgehead atoms. The second-order valence-electron chi connectivity index (χ2n) is 5.23. The summed E-state index contributed by atoms with van der Waals surface area (Å²) in [6.45, 7) is 0. The summed E-state index contributed by atoms with van der Waals surface area (Å²) in [7, 11) is 0. The molecule has 0 N–H and O–H groups in total. The van der Waals surface area contributed by atoms with E-state index < -0.39 is 0 Å². The van der Waals surface area contributed by atoms with Crippen molar-refractivity contribution >= 4 is 11.6 Å². The third kappa shape index (κ3) is 1.30. The maximum Gasteiger partial charge on any atom is -0.00170 e. The SMILES string of the molecule is C1=C2CC3=c4ccccc4=CCC3=C2CCC1. The van der Waals surface area contributed by atoms with E-state index in [2.05, 4.69) is 36.4 Å². The van der Waals surface area contributed by atoms with Crippen LogP contribution in [0.3, 0.4) is 0 Å². The molecule has 0 amide bonds. The Morgan fingerprint density at radius 3 is 2.82 bits per heavy atom. The Hall–Kier alpha value is -1.56. The normalized spacial score (nSPS) is 21.4. The van der Waals surface area contributed by atoms with Crippen LogP contribution in [-0.2, 0) is 0 Å². The first-order chi connectivity index (χ1) is 8.43. The summed E-state index contributed by atoms with van der Waals surface area (Å²) in [6, 6.07) is 8.86. The van der Waals surface area contributed by atoms with Gasteiger partial charge in [-0.1, -0.05) is 36.4 Å². The van der Waals surface area contributed by atoms with Crippen LogP contribution in [0.5, 0.6) is 0 Å². The summed E-state index contributed by atoms with van der Waals surface area (Å²) >= 11 is 0. The van der Waals surface area contributed by atoms with E-state index in [4.69, 9.17) is 0 Å². The Kier molecular flexibility index (Phi) is 1.93. The van der Waals surface area contributed by atoms with Crippen molar-refractivity contribution in [3.05, 3.63) is 57.5 Å². The topological polar surface area (TPSA) is 0 Å². The molecular formula is C17H16. The van der Waals surface area contributed by atoms with Gasteiger partial charge in [-0.2, -0.15) is 0 Å². The van der Waals surface area contributed by atoms with Crippen LogP contribution in [0.25, 0.3) is 11.6 Å². The zero-order valence-corrected chi connectivity index (χ0v) is 10.00. The number of allylic oxidation sites excluding steroid dienone is 4. The van der Waals surface area contributed by atoms with E-state index in [1.54, 1.807) is 22.3 Å². The van der Waals surface area contributed by atoms with E-state index in [-0.39, 0.29) is 0 Å². The van der Waals surface area contributed by atoms with Crippen molar-refractivity contribution in [3.63, 3.8) is 0 Å². The molecule has 1 aromatic carbocycles. The third-order valence-corrected chi connectivity index (χ3v) is 4.32. The minimum Gasteiger partial charge on any atom is -0.0807 e. The fourth-order valence-electron chi connectivity index (χ4n) is 3.51. The van der Waals surface area contributed by atoms with Gasteiger partial charge in [0.15, 0.2) is 0 Å². The molecule has 0 heterocycles. The monoisotopic (exact) mass is 220 g/mol. The summed E-state index contributed by atoms with van der Waals surface area (Å²) < 4.78 is 0. The van der Waals surface area contributed by atoms with Crippen molar-refractivity contribution in [2.24, 2.45) is 0 Å². The van der Waals surface area contributed by atoms with Crippen LogP contribution in [-0.4, -0.2) is 0 Å². The van der Waals surface area contributed by atoms with Gasteiger partial charge < -0.3 is 0 Å². The highest BCUT2D eigenvalue weighted by Gasteiger charge is 2.26. The lowest BCUT2D eigenvalue weighted by atomic mass is 9.92. The molecule has 0 spiro atoms. The number of hydrogen-bond donors (Lipinski definition) is 0. The average Bonchev–Trinajstić information content (AvgIpc) is 2.78. The van der Waals surface area contributed by atoms with Gasteiger partial charge >= 0.3 is 0 Å². The van der Waals surface area contributed by atoms with Gasteiger partial charge in [0.25, 0.3) is 0 Å². The van der Waals surface area contributed by atoms with Gasteiger partial charge in [-0.25, -0.2) is 0 Å². The van der Waals surface area contributed by atoms with Crippen molar-refractivity contribution < 1.29 is 0 Å². The maximum atomic E-state index is 2.47. The number of rotatable bonds is 0. The third-order valence-electron chi connectivity index (χ3n) is 4.32. The van der Waals surface area contributed by atoms with E-state index in [1.165, 1.54) is 36.1 Å². The first kappa shape index (κ1) is 9.47. The fraction of sp³-hybridized carbons (Fsp3) is 0.294. The molecule has 0 aliphatic heterocycles. The molecule has 0 heteroatoms. The van der Waals surface area contributed by atoms with Crippen molar-refractivity contribution in [1.82, 2.24) is 0 Å². The lowest BCUT2D eigenvalue weighted by Crippen LogP contribution is -2.29. The number of hydrogen-bond acceptors (Lipinski definition) is 0. The number of benzene rings is 1. The highest BCUT2D eigenvalue weighted by Crippen LogP contribution is 2.43. The van der Waals surface area contributed by atoms with Crippen molar-refractivity contribution in [2.45, 2.75) is 32.1 Å². The van der Waals surface area contributed by atoms with Crippen molar-refractivity contribution in [2.75, 3.05) is 0 Å². The lowest BCUT2D eigenvalue weighted by molar-refractivity contribution is 0.798. The Morgan fingerprint density at radius 2 is 1.82 bits per heavy atom. The molecule has 0 fully saturated rings. The van der Waals surface area contributed by atoms with Crippen LogP contribution < -0.4 is 10.4 Å². The molecule has 0 atom stereocenters. The van der Waals surface area contributed by atoms with Gasteiger partial charge in [0.2, 0.25) is 0 Å². The maximum absolute atomic E-state index is 2.47. The quantitative estimate of drug-likeness (QED) is 0.630. The Labute approximate surface area is 102 Å². The molecule has 3 aliphatic rings. The van der Waals surface area contributed by atoms with Gasteiger partial charge in [0.05, 0.1) is 0 Å². The van der Waals surface area contributed by atoms with Crippen LogP contribution in [0.15, 0.2) is 47.1 Å². The zero-order chi connectivity index (χ0) is 11.2. The largest absolute Gasteiger partial charge is 0.0807 e. The predicted octanol–water partition coefficient (Wildman–Crippen LogP) is 2.83. The van der Waals surface area contributed by atoms with Crippen molar-refractivity contribution in [3.8, 4) is 0 Å². The van der Waals surface area contributed by atoms with E-state index in [9.17, 15) is 0 Å². The molecule has 0 saturated carbocycles. The van der Waals surface area contributed by atoms with Crippen molar-refractivity contribution in [1.29, 1.82) is 0 Å². The Balaban J connectivity index is 2.06. The summed E-state index contributed by atoms with van der Waals surface area (Å²) in [5.41, 5.74) is 6.57. The van der Waals surface area contributed by atoms with Crippen LogP contribution >= 0.6 is 0 Å². The molecule has 4 rings (SSSR count). The Morgan fingerprint density at radius 1 is 0.882 bits per heavy atom. The van der Waals surface area contributed by atoms with Gasteiger partial charge in [-0.3, -0.25) is 0 Å². The second kappa shape index (κ2) is 3.46. The van der Waals surface area contributed by atoms with Crippen LogP contribution in [0.1, 0.15) is 32.1 Å². The standard InChI is InChI=1S/C17H16/c1-3-7-14-12(5-1)9-10-16-15-8-4-2-6-13(15)11-17(14)16/h1,3,5-7,9H,2,4,8,10-11H2. The summed E-state index contributed by atoms with van der Waals surface area (Å²) in [5, 5.41) is 2.92. The molecule has 84 valence electrons. The fourth-order valence-corrected chi connectivity index (χ4v) is 3.51. The van der Waals surface area contributed by atoms with E-state index in [0.717, 1.165) is 6.42 Å². The molecule has 0 nitrogen and oxygen atoms in total. The average molecular weight is 220 g/mol. The highest BCUT2D eigenvalue weighted by molar-refractivity contribution is 5.79. The summed E-state index contributed by atoms with van der Waals surface area (Å²) in [4.78, 5) is 0. The van der Waals surface area contributed by atoms with Crippen LogP contribution in [0.2, 0.25) is 0 Å². The molecule has 3 aliphatic carbocycles. The van der Waals surface area contributed by atoms with Crippen LogP contribution in [0.4, 0.5) is 0 Å². The van der Waals surface area contributed by atoms with E-state index >= 15 is 0 Å². The van der Waals surface area contributed by atoms with Gasteiger partial charge in [-0.05, 0) is 64.8 Å². The first-order valence-corrected chi connectivity index (χ1v) is 6.64. The molecule has 0 saturated heterocycles. The molecule has 0 radical (unpaired) electrons. The lowest BCUT2D eigenvalue weighted by Gasteiger charge is -2.13. The van der Waals surface area contributed by atoms with Crippen LogP contribution in [0, 0.1) is 0 Å². The van der Waals surface area contributed by atoms with E-state index in [0.29, 0.717) is 0 Å². The summed E-state index contributed by atoms with van der Waals surface area (Å²) in [5.74, 6) is 0. The molecule has 17 heavy (non-hydrogen) atoms. The van der Waals surface area contributed by atoms with Gasteiger partial charge in [0.1, 0.15) is 0 Å². The molecule has 0 aromatic heterocycles. The number of fused-ring (bicyclic) bond motifs is 3. The minimum atomic E-state index is 1.15. The second-order valence-corrected chi connectivity index (χ2v) is 5.23. The molecule has 0 unspecified atom stereocenters. The first-order valence-electron chi connectivity index (χ1n) is 6.64. The Bertz CT molecular complexity index is 668. The molecular weight excluding hydrogens is 204 g/mol. The van der Waals surface area contributed by atoms with E-state index in [1.807, 2.05) is 0 Å². The highest BCUT2D eigenvalue weighted by atomic mass is 14.3. The predicted molar refractivity (Wildman–Crippen MR) is 71.8 cm³/mol. The minimum absolute atomic E-state index is 1.15. The molecule has 1 aromatic rings. The van der Waals surface area contributed by atoms with Gasteiger partial charge in [0, 0.05) is 0 Å². The zero-order valence-electron chi connectivity index (χ0n) is 10.00.